The highest BCUT2D eigenvalue weighted by atomic mass is 16.6. The summed E-state index contributed by atoms with van der Waals surface area (Å²) in [4.78, 5) is 17.1. The Hall–Kier alpha value is -2.83. The first-order chi connectivity index (χ1) is 11.3. The van der Waals surface area contributed by atoms with E-state index in [4.69, 9.17) is 4.74 Å². The molecule has 7 nitrogen and oxygen atoms in total. The van der Waals surface area contributed by atoms with Crippen molar-refractivity contribution in [2.75, 3.05) is 12.4 Å². The highest BCUT2D eigenvalue weighted by Crippen LogP contribution is 2.29. The van der Waals surface area contributed by atoms with Crippen LogP contribution in [-0.4, -0.2) is 38.1 Å². The summed E-state index contributed by atoms with van der Waals surface area (Å²) in [6, 6.07) is 3.75. The van der Waals surface area contributed by atoms with E-state index in [0.717, 1.165) is 22.2 Å². The minimum Gasteiger partial charge on any atom is -0.443 e. The van der Waals surface area contributed by atoms with E-state index in [-0.39, 0.29) is 0 Å². The number of fused-ring (bicyclic) bond motifs is 1. The number of pyridine rings is 1. The summed E-state index contributed by atoms with van der Waals surface area (Å²) >= 11 is 0. The Balaban J connectivity index is 2.22. The Morgan fingerprint density at radius 2 is 2.00 bits per heavy atom. The fraction of sp³-hybridized carbons (Fsp3) is 0.353. The van der Waals surface area contributed by atoms with Gasteiger partial charge in [0.05, 0.1) is 17.4 Å². The number of rotatable bonds is 2. The van der Waals surface area contributed by atoms with Crippen molar-refractivity contribution in [3.8, 4) is 11.3 Å². The third kappa shape index (κ3) is 2.97. The molecule has 7 heteroatoms. The molecule has 0 atom stereocenters. The number of aryl methyl sites for hydroxylation is 1. The number of hydrogen-bond donors (Lipinski definition) is 1. The Labute approximate surface area is 140 Å². The van der Waals surface area contributed by atoms with E-state index in [1.54, 1.807) is 28.7 Å². The molecule has 0 aromatic carbocycles. The molecule has 3 aromatic heterocycles. The second-order valence-corrected chi connectivity index (χ2v) is 6.63. The lowest BCUT2D eigenvalue weighted by molar-refractivity contribution is 0.0547. The first kappa shape index (κ1) is 16.0. The number of carbonyl (C=O) groups is 1. The third-order valence-electron chi connectivity index (χ3n) is 3.52. The standard InChI is InChI=1S/C17H21N5O2/c1-17(2,3)24-16(23)22-13(12-9-20-21(5)10-12)6-11-8-19-15(18-4)7-14(11)22/h6-10H,1-5H3,(H,18,19). The molecule has 0 unspecified atom stereocenters. The van der Waals surface area contributed by atoms with Crippen LogP contribution in [0, 0.1) is 0 Å². The predicted molar refractivity (Wildman–Crippen MR) is 93.1 cm³/mol. The van der Waals surface area contributed by atoms with Crippen molar-refractivity contribution in [3.63, 3.8) is 0 Å². The molecular formula is C17H21N5O2. The molecule has 24 heavy (non-hydrogen) atoms. The zero-order valence-corrected chi connectivity index (χ0v) is 14.5. The molecule has 0 aliphatic heterocycles. The van der Waals surface area contributed by atoms with Gasteiger partial charge in [-0.3, -0.25) is 4.68 Å². The van der Waals surface area contributed by atoms with Crippen LogP contribution < -0.4 is 5.32 Å². The van der Waals surface area contributed by atoms with E-state index >= 15 is 0 Å². The molecule has 0 spiro atoms. The molecule has 0 fully saturated rings. The van der Waals surface area contributed by atoms with Gasteiger partial charge in [0, 0.05) is 43.5 Å². The zero-order valence-electron chi connectivity index (χ0n) is 14.5. The molecule has 0 aliphatic carbocycles. The number of carbonyl (C=O) groups excluding carboxylic acids is 1. The summed E-state index contributed by atoms with van der Waals surface area (Å²) in [6.45, 7) is 5.54. The number of hydrogen-bond acceptors (Lipinski definition) is 5. The van der Waals surface area contributed by atoms with Gasteiger partial charge in [0.15, 0.2) is 0 Å². The maximum absolute atomic E-state index is 12.8. The SMILES string of the molecule is CNc1cc2c(cn1)cc(-c1cnn(C)c1)n2C(=O)OC(C)(C)C. The van der Waals surface area contributed by atoms with E-state index in [1.807, 2.05) is 46.1 Å². The van der Waals surface area contributed by atoms with Crippen LogP contribution in [0.5, 0.6) is 0 Å². The van der Waals surface area contributed by atoms with Crippen molar-refractivity contribution in [2.45, 2.75) is 26.4 Å². The second kappa shape index (κ2) is 5.67. The number of ether oxygens (including phenoxy) is 1. The fourth-order valence-electron chi connectivity index (χ4n) is 2.51. The summed E-state index contributed by atoms with van der Waals surface area (Å²) in [5.41, 5.74) is 1.72. The van der Waals surface area contributed by atoms with E-state index < -0.39 is 11.7 Å². The summed E-state index contributed by atoms with van der Waals surface area (Å²) in [5.74, 6) is 0.683. The van der Waals surface area contributed by atoms with Gasteiger partial charge in [-0.05, 0) is 26.8 Å². The Kier molecular flexibility index (Phi) is 3.79. The van der Waals surface area contributed by atoms with Crippen LogP contribution in [0.15, 0.2) is 30.7 Å². The summed E-state index contributed by atoms with van der Waals surface area (Å²) in [7, 11) is 3.63. The Morgan fingerprint density at radius 1 is 1.25 bits per heavy atom. The van der Waals surface area contributed by atoms with E-state index in [0.29, 0.717) is 5.82 Å². The Morgan fingerprint density at radius 3 is 2.58 bits per heavy atom. The smallest absolute Gasteiger partial charge is 0.419 e. The highest BCUT2D eigenvalue weighted by Gasteiger charge is 2.23. The van der Waals surface area contributed by atoms with Gasteiger partial charge >= 0.3 is 6.09 Å². The summed E-state index contributed by atoms with van der Waals surface area (Å²) in [6.07, 6.45) is 4.90. The molecule has 126 valence electrons. The Bertz CT molecular complexity index is 901. The molecule has 0 aliphatic rings. The van der Waals surface area contributed by atoms with Crippen LogP contribution >= 0.6 is 0 Å². The number of aromatic nitrogens is 4. The van der Waals surface area contributed by atoms with E-state index in [9.17, 15) is 4.79 Å². The van der Waals surface area contributed by atoms with Gasteiger partial charge in [0.25, 0.3) is 0 Å². The number of nitrogens with one attached hydrogen (secondary N) is 1. The molecule has 0 bridgehead atoms. The topological polar surface area (TPSA) is 74.0 Å². The minimum atomic E-state index is -0.585. The van der Waals surface area contributed by atoms with Crippen molar-refractivity contribution in [2.24, 2.45) is 7.05 Å². The third-order valence-corrected chi connectivity index (χ3v) is 3.52. The quantitative estimate of drug-likeness (QED) is 0.782. The van der Waals surface area contributed by atoms with E-state index in [1.165, 1.54) is 0 Å². The second-order valence-electron chi connectivity index (χ2n) is 6.63. The van der Waals surface area contributed by atoms with Crippen LogP contribution in [0.4, 0.5) is 10.6 Å². The van der Waals surface area contributed by atoms with Crippen LogP contribution in [0.1, 0.15) is 20.8 Å². The van der Waals surface area contributed by atoms with Crippen LogP contribution in [0.3, 0.4) is 0 Å². The maximum Gasteiger partial charge on any atom is 0.419 e. The van der Waals surface area contributed by atoms with Crippen molar-refractivity contribution < 1.29 is 9.53 Å². The molecule has 3 rings (SSSR count). The van der Waals surface area contributed by atoms with Crippen LogP contribution in [-0.2, 0) is 11.8 Å². The largest absolute Gasteiger partial charge is 0.443 e. The molecular weight excluding hydrogens is 306 g/mol. The van der Waals surface area contributed by atoms with Gasteiger partial charge in [0.2, 0.25) is 0 Å². The average Bonchev–Trinajstić information content (AvgIpc) is 3.07. The van der Waals surface area contributed by atoms with Gasteiger partial charge in [-0.2, -0.15) is 5.10 Å². The van der Waals surface area contributed by atoms with Crippen molar-refractivity contribution >= 4 is 22.8 Å². The first-order valence-corrected chi connectivity index (χ1v) is 7.70. The average molecular weight is 327 g/mol. The first-order valence-electron chi connectivity index (χ1n) is 7.70. The van der Waals surface area contributed by atoms with Gasteiger partial charge in [0.1, 0.15) is 11.4 Å². The molecule has 3 aromatic rings. The minimum absolute atomic E-state index is 0.426. The molecule has 0 radical (unpaired) electrons. The highest BCUT2D eigenvalue weighted by molar-refractivity contribution is 5.96. The van der Waals surface area contributed by atoms with Crippen molar-refractivity contribution in [1.82, 2.24) is 19.3 Å². The lowest BCUT2D eigenvalue weighted by Crippen LogP contribution is -2.27. The number of anilines is 1. The predicted octanol–water partition coefficient (Wildman–Crippen LogP) is 3.26. The van der Waals surface area contributed by atoms with Gasteiger partial charge in [-0.25, -0.2) is 14.3 Å². The zero-order chi connectivity index (χ0) is 17.5. The van der Waals surface area contributed by atoms with E-state index in [2.05, 4.69) is 15.4 Å². The number of nitrogens with zero attached hydrogens (tertiary/aromatic N) is 4. The van der Waals surface area contributed by atoms with Crippen LogP contribution in [0.2, 0.25) is 0 Å². The summed E-state index contributed by atoms with van der Waals surface area (Å²) in [5, 5.41) is 8.05. The lowest BCUT2D eigenvalue weighted by atomic mass is 10.2. The fourth-order valence-corrected chi connectivity index (χ4v) is 2.51. The lowest BCUT2D eigenvalue weighted by Gasteiger charge is -2.20. The van der Waals surface area contributed by atoms with Crippen molar-refractivity contribution in [3.05, 3.63) is 30.7 Å². The molecule has 0 saturated heterocycles. The normalized spacial score (nSPS) is 11.7. The van der Waals surface area contributed by atoms with Gasteiger partial charge in [-0.15, -0.1) is 0 Å². The van der Waals surface area contributed by atoms with Gasteiger partial charge in [-0.1, -0.05) is 0 Å². The molecule has 1 N–H and O–H groups in total. The molecule has 3 heterocycles. The molecule has 0 amide bonds. The van der Waals surface area contributed by atoms with Crippen LogP contribution in [0.25, 0.3) is 22.2 Å². The molecule has 0 saturated carbocycles. The van der Waals surface area contributed by atoms with Gasteiger partial charge < -0.3 is 10.1 Å². The summed E-state index contributed by atoms with van der Waals surface area (Å²) < 4.78 is 8.86. The van der Waals surface area contributed by atoms with Crippen molar-refractivity contribution in [1.29, 1.82) is 0 Å². The maximum atomic E-state index is 12.8. The monoisotopic (exact) mass is 327 g/mol.